The van der Waals surface area contributed by atoms with Crippen LogP contribution in [0.3, 0.4) is 0 Å². The second kappa shape index (κ2) is 6.71. The SMILES string of the molecule is CN(Cc1cnc(Cl)cc1Cl)CC1CCCOC1. The average Bonchev–Trinajstić information content (AvgIpc) is 2.34. The van der Waals surface area contributed by atoms with Gasteiger partial charge in [-0.05, 0) is 31.9 Å². The summed E-state index contributed by atoms with van der Waals surface area (Å²) in [6.07, 6.45) is 4.16. The van der Waals surface area contributed by atoms with Crippen LogP contribution in [-0.4, -0.2) is 36.7 Å². The van der Waals surface area contributed by atoms with Crippen LogP contribution >= 0.6 is 23.2 Å². The Hall–Kier alpha value is -0.350. The van der Waals surface area contributed by atoms with E-state index in [2.05, 4.69) is 16.9 Å². The third kappa shape index (κ3) is 4.09. The molecule has 1 atom stereocenters. The van der Waals surface area contributed by atoms with E-state index in [-0.39, 0.29) is 0 Å². The molecule has 18 heavy (non-hydrogen) atoms. The first-order chi connectivity index (χ1) is 8.65. The Bertz CT molecular complexity index is 395. The molecule has 5 heteroatoms. The van der Waals surface area contributed by atoms with Gasteiger partial charge in [-0.1, -0.05) is 23.2 Å². The van der Waals surface area contributed by atoms with E-state index in [0.29, 0.717) is 16.1 Å². The molecule has 3 nitrogen and oxygen atoms in total. The number of halogens is 2. The fraction of sp³-hybridized carbons (Fsp3) is 0.615. The van der Waals surface area contributed by atoms with Gasteiger partial charge >= 0.3 is 0 Å². The first kappa shape index (κ1) is 14.1. The van der Waals surface area contributed by atoms with E-state index in [1.807, 2.05) is 0 Å². The fourth-order valence-electron chi connectivity index (χ4n) is 2.30. The standard InChI is InChI=1S/C13H18Cl2N2O/c1-17(7-10-3-2-4-18-9-10)8-11-6-16-13(15)5-12(11)14/h5-6,10H,2-4,7-9H2,1H3. The highest BCUT2D eigenvalue weighted by Crippen LogP contribution is 2.21. The lowest BCUT2D eigenvalue weighted by Crippen LogP contribution is -2.30. The van der Waals surface area contributed by atoms with Crippen molar-refractivity contribution in [3.8, 4) is 0 Å². The Morgan fingerprint density at radius 1 is 1.50 bits per heavy atom. The van der Waals surface area contributed by atoms with Crippen LogP contribution in [0.2, 0.25) is 10.2 Å². The summed E-state index contributed by atoms with van der Waals surface area (Å²) < 4.78 is 5.49. The summed E-state index contributed by atoms with van der Waals surface area (Å²) in [5.74, 6) is 0.628. The van der Waals surface area contributed by atoms with Crippen LogP contribution in [0.4, 0.5) is 0 Å². The summed E-state index contributed by atoms with van der Waals surface area (Å²) in [4.78, 5) is 6.33. The van der Waals surface area contributed by atoms with Gasteiger partial charge in [0.25, 0.3) is 0 Å². The molecule has 0 aromatic carbocycles. The number of hydrogen-bond acceptors (Lipinski definition) is 3. The predicted molar refractivity (Wildman–Crippen MR) is 74.1 cm³/mol. The molecule has 1 fully saturated rings. The van der Waals surface area contributed by atoms with Crippen molar-refractivity contribution in [3.63, 3.8) is 0 Å². The zero-order valence-electron chi connectivity index (χ0n) is 10.5. The molecule has 1 aliphatic heterocycles. The zero-order valence-corrected chi connectivity index (χ0v) is 12.0. The van der Waals surface area contributed by atoms with Gasteiger partial charge in [-0.15, -0.1) is 0 Å². The van der Waals surface area contributed by atoms with Crippen molar-refractivity contribution in [3.05, 3.63) is 28.0 Å². The van der Waals surface area contributed by atoms with Gasteiger partial charge in [-0.2, -0.15) is 0 Å². The van der Waals surface area contributed by atoms with Gasteiger partial charge < -0.3 is 9.64 Å². The van der Waals surface area contributed by atoms with E-state index in [9.17, 15) is 0 Å². The molecule has 1 aromatic rings. The quantitative estimate of drug-likeness (QED) is 0.796. The number of ether oxygens (including phenoxy) is 1. The van der Waals surface area contributed by atoms with Crippen molar-refractivity contribution in [2.75, 3.05) is 26.8 Å². The predicted octanol–water partition coefficient (Wildman–Crippen LogP) is 3.25. The molecule has 1 saturated heterocycles. The summed E-state index contributed by atoms with van der Waals surface area (Å²) in [6, 6.07) is 1.69. The summed E-state index contributed by atoms with van der Waals surface area (Å²) in [5, 5.41) is 1.12. The maximum absolute atomic E-state index is 6.14. The van der Waals surface area contributed by atoms with Gasteiger partial charge in [0.1, 0.15) is 5.15 Å². The molecule has 0 radical (unpaired) electrons. The number of hydrogen-bond donors (Lipinski definition) is 0. The van der Waals surface area contributed by atoms with Gasteiger partial charge in [0.05, 0.1) is 6.61 Å². The van der Waals surface area contributed by atoms with E-state index in [1.54, 1.807) is 12.3 Å². The lowest BCUT2D eigenvalue weighted by atomic mass is 10.0. The molecule has 1 aromatic heterocycles. The Kier molecular flexibility index (Phi) is 5.25. The fourth-order valence-corrected chi connectivity index (χ4v) is 2.73. The molecular weight excluding hydrogens is 271 g/mol. The van der Waals surface area contributed by atoms with Crippen molar-refractivity contribution < 1.29 is 4.74 Å². The first-order valence-corrected chi connectivity index (χ1v) is 6.97. The van der Waals surface area contributed by atoms with E-state index in [4.69, 9.17) is 27.9 Å². The van der Waals surface area contributed by atoms with Crippen LogP contribution in [0, 0.1) is 5.92 Å². The molecule has 1 unspecified atom stereocenters. The van der Waals surface area contributed by atoms with Gasteiger partial charge in [-0.3, -0.25) is 0 Å². The van der Waals surface area contributed by atoms with Crippen LogP contribution < -0.4 is 0 Å². The van der Waals surface area contributed by atoms with Crippen molar-refractivity contribution >= 4 is 23.2 Å². The lowest BCUT2D eigenvalue weighted by molar-refractivity contribution is 0.0411. The van der Waals surface area contributed by atoms with Gasteiger partial charge in [0.15, 0.2) is 0 Å². The summed E-state index contributed by atoms with van der Waals surface area (Å²) >= 11 is 11.9. The highest BCUT2D eigenvalue weighted by molar-refractivity contribution is 6.34. The maximum atomic E-state index is 6.14. The van der Waals surface area contributed by atoms with Crippen molar-refractivity contribution in [2.45, 2.75) is 19.4 Å². The molecule has 1 aliphatic rings. The van der Waals surface area contributed by atoms with Crippen LogP contribution in [0.15, 0.2) is 12.3 Å². The molecule has 0 amide bonds. The minimum Gasteiger partial charge on any atom is -0.381 e. The van der Waals surface area contributed by atoms with Crippen molar-refractivity contribution in [1.29, 1.82) is 0 Å². The highest BCUT2D eigenvalue weighted by atomic mass is 35.5. The second-order valence-electron chi connectivity index (χ2n) is 4.88. The van der Waals surface area contributed by atoms with E-state index in [1.165, 1.54) is 12.8 Å². The number of rotatable bonds is 4. The Labute approximate surface area is 118 Å². The highest BCUT2D eigenvalue weighted by Gasteiger charge is 2.16. The molecule has 0 N–H and O–H groups in total. The average molecular weight is 289 g/mol. The van der Waals surface area contributed by atoms with E-state index in [0.717, 1.165) is 31.9 Å². The smallest absolute Gasteiger partial charge is 0.130 e. The Morgan fingerprint density at radius 2 is 2.33 bits per heavy atom. The van der Waals surface area contributed by atoms with Gasteiger partial charge in [0, 0.05) is 36.5 Å². The monoisotopic (exact) mass is 288 g/mol. The van der Waals surface area contributed by atoms with Crippen molar-refractivity contribution in [1.82, 2.24) is 9.88 Å². The second-order valence-corrected chi connectivity index (χ2v) is 5.67. The number of nitrogens with zero attached hydrogens (tertiary/aromatic N) is 2. The first-order valence-electron chi connectivity index (χ1n) is 6.21. The summed E-state index contributed by atoms with van der Waals surface area (Å²) in [7, 11) is 2.10. The topological polar surface area (TPSA) is 25.4 Å². The van der Waals surface area contributed by atoms with E-state index >= 15 is 0 Å². The lowest BCUT2D eigenvalue weighted by Gasteiger charge is -2.27. The molecule has 0 bridgehead atoms. The Balaban J connectivity index is 1.87. The largest absolute Gasteiger partial charge is 0.381 e. The number of pyridine rings is 1. The van der Waals surface area contributed by atoms with Crippen LogP contribution in [-0.2, 0) is 11.3 Å². The van der Waals surface area contributed by atoms with Gasteiger partial charge in [0.2, 0.25) is 0 Å². The molecule has 0 spiro atoms. The van der Waals surface area contributed by atoms with Crippen LogP contribution in [0.5, 0.6) is 0 Å². The summed E-state index contributed by atoms with van der Waals surface area (Å²) in [5.41, 5.74) is 1.01. The van der Waals surface area contributed by atoms with Crippen LogP contribution in [0.1, 0.15) is 18.4 Å². The Morgan fingerprint density at radius 3 is 3.00 bits per heavy atom. The molecule has 0 aliphatic carbocycles. The minimum absolute atomic E-state index is 0.437. The number of aromatic nitrogens is 1. The molecule has 100 valence electrons. The minimum atomic E-state index is 0.437. The van der Waals surface area contributed by atoms with Gasteiger partial charge in [-0.25, -0.2) is 4.98 Å². The van der Waals surface area contributed by atoms with E-state index < -0.39 is 0 Å². The third-order valence-corrected chi connectivity index (χ3v) is 3.72. The van der Waals surface area contributed by atoms with Crippen molar-refractivity contribution in [2.24, 2.45) is 5.92 Å². The molecule has 0 saturated carbocycles. The molecule has 2 rings (SSSR count). The maximum Gasteiger partial charge on any atom is 0.130 e. The molecule has 2 heterocycles. The zero-order chi connectivity index (χ0) is 13.0. The van der Waals surface area contributed by atoms with Crippen LogP contribution in [0.25, 0.3) is 0 Å². The summed E-state index contributed by atoms with van der Waals surface area (Å²) in [6.45, 7) is 3.60. The molecular formula is C13H18Cl2N2O. The third-order valence-electron chi connectivity index (χ3n) is 3.16. The normalized spacial score (nSPS) is 20.3.